The van der Waals surface area contributed by atoms with Crippen molar-refractivity contribution in [1.82, 2.24) is 15.3 Å². The fourth-order valence-electron chi connectivity index (χ4n) is 4.09. The largest absolute Gasteiger partial charge is 0.361 e. The van der Waals surface area contributed by atoms with Crippen LogP contribution in [-0.2, 0) is 17.6 Å². The van der Waals surface area contributed by atoms with Crippen LogP contribution in [0.2, 0.25) is 0 Å². The summed E-state index contributed by atoms with van der Waals surface area (Å²) in [6.07, 6.45) is 4.21. The molecule has 2 heterocycles. The van der Waals surface area contributed by atoms with Crippen LogP contribution in [0.25, 0.3) is 10.9 Å². The fraction of sp³-hybridized carbons (Fsp3) is 0.208. The number of aromatic amines is 1. The van der Waals surface area contributed by atoms with Gasteiger partial charge in [-0.1, -0.05) is 18.2 Å². The number of hydrogen-bond acceptors (Lipinski definition) is 4. The molecule has 1 aliphatic rings. The molecule has 1 aliphatic carbocycles. The lowest BCUT2D eigenvalue weighted by molar-refractivity contribution is -0.122. The fourth-order valence-corrected chi connectivity index (χ4v) is 5.12. The third kappa shape index (κ3) is 4.01. The number of aromatic nitrogens is 2. The predicted molar refractivity (Wildman–Crippen MR) is 123 cm³/mol. The van der Waals surface area contributed by atoms with E-state index in [4.69, 9.17) is 0 Å². The average molecular weight is 449 g/mol. The van der Waals surface area contributed by atoms with Crippen LogP contribution in [0.5, 0.6) is 0 Å². The monoisotopic (exact) mass is 448 g/mol. The van der Waals surface area contributed by atoms with E-state index >= 15 is 0 Å². The molecule has 2 amide bonds. The average Bonchev–Trinajstić information content (AvgIpc) is 3.48. The molecule has 8 heteroatoms. The first kappa shape index (κ1) is 20.4. The second kappa shape index (κ2) is 8.55. The number of fused-ring (bicyclic) bond motifs is 2. The van der Waals surface area contributed by atoms with Gasteiger partial charge >= 0.3 is 0 Å². The number of para-hydroxylation sites is 1. The van der Waals surface area contributed by atoms with Crippen molar-refractivity contribution in [2.75, 3.05) is 11.9 Å². The molecule has 0 spiro atoms. The molecule has 32 heavy (non-hydrogen) atoms. The van der Waals surface area contributed by atoms with Crippen molar-refractivity contribution >= 4 is 39.2 Å². The van der Waals surface area contributed by atoms with Crippen molar-refractivity contribution in [1.29, 1.82) is 0 Å². The van der Waals surface area contributed by atoms with Gasteiger partial charge in [0.2, 0.25) is 5.91 Å². The summed E-state index contributed by atoms with van der Waals surface area (Å²) in [5, 5.41) is 7.43. The first-order valence-corrected chi connectivity index (χ1v) is 11.3. The summed E-state index contributed by atoms with van der Waals surface area (Å²) in [5.41, 5.74) is 3.36. The molecular formula is C24H21FN4O2S. The molecule has 0 saturated carbocycles. The Morgan fingerprint density at radius 3 is 2.81 bits per heavy atom. The van der Waals surface area contributed by atoms with Gasteiger partial charge in [0.15, 0.2) is 5.13 Å². The van der Waals surface area contributed by atoms with Gasteiger partial charge in [-0.05, 0) is 55.2 Å². The smallest absolute Gasteiger partial charge is 0.257 e. The minimum absolute atomic E-state index is 0.0368. The van der Waals surface area contributed by atoms with Crippen molar-refractivity contribution in [3.05, 3.63) is 82.2 Å². The number of amides is 2. The first-order chi connectivity index (χ1) is 15.6. The van der Waals surface area contributed by atoms with Gasteiger partial charge in [0, 0.05) is 34.1 Å². The molecule has 4 aromatic rings. The van der Waals surface area contributed by atoms with E-state index < -0.39 is 5.82 Å². The molecule has 1 atom stereocenters. The van der Waals surface area contributed by atoms with E-state index in [2.05, 4.69) is 26.7 Å². The minimum Gasteiger partial charge on any atom is -0.361 e. The topological polar surface area (TPSA) is 86.9 Å². The van der Waals surface area contributed by atoms with Gasteiger partial charge in [0.05, 0.1) is 11.6 Å². The Morgan fingerprint density at radius 1 is 1.16 bits per heavy atom. The van der Waals surface area contributed by atoms with Crippen molar-refractivity contribution in [2.45, 2.75) is 25.2 Å². The summed E-state index contributed by atoms with van der Waals surface area (Å²) in [4.78, 5) is 34.0. The number of H-pyrrole nitrogens is 1. The molecule has 0 fully saturated rings. The Balaban J connectivity index is 1.20. The van der Waals surface area contributed by atoms with Crippen molar-refractivity contribution in [3.8, 4) is 0 Å². The standard InChI is InChI=1S/C24H21FN4O2S/c25-16-7-5-14(6-8-16)22(30)29-24-28-21-18(9-10-20(21)32-24)23(31)26-12-11-15-13-27-19-4-2-1-3-17(15)19/h1-8,13,18,27H,9-12H2,(H,26,31)(H,28,29,30)/t18-/m1/s1. The quantitative estimate of drug-likeness (QED) is 0.409. The number of benzene rings is 2. The highest BCUT2D eigenvalue weighted by Gasteiger charge is 2.32. The molecule has 3 N–H and O–H groups in total. The molecule has 2 aromatic carbocycles. The number of thiazole rings is 1. The van der Waals surface area contributed by atoms with Crippen molar-refractivity contribution in [2.24, 2.45) is 0 Å². The van der Waals surface area contributed by atoms with E-state index in [1.54, 1.807) is 0 Å². The highest BCUT2D eigenvalue weighted by molar-refractivity contribution is 7.16. The molecule has 0 bridgehead atoms. The number of anilines is 1. The Labute approximate surface area is 187 Å². The summed E-state index contributed by atoms with van der Waals surface area (Å²) < 4.78 is 13.1. The second-order valence-electron chi connectivity index (χ2n) is 7.78. The Kier molecular flexibility index (Phi) is 5.45. The van der Waals surface area contributed by atoms with E-state index in [9.17, 15) is 14.0 Å². The zero-order valence-corrected chi connectivity index (χ0v) is 18.0. The SMILES string of the molecule is O=C(Nc1nc2c(s1)CC[C@H]2C(=O)NCCc1c[nH]c2ccccc12)c1ccc(F)cc1. The molecule has 0 saturated heterocycles. The van der Waals surface area contributed by atoms with Crippen LogP contribution in [0.15, 0.2) is 54.7 Å². The molecule has 0 radical (unpaired) electrons. The van der Waals surface area contributed by atoms with E-state index in [-0.39, 0.29) is 17.7 Å². The molecule has 0 unspecified atom stereocenters. The second-order valence-corrected chi connectivity index (χ2v) is 8.86. The maximum atomic E-state index is 13.1. The summed E-state index contributed by atoms with van der Waals surface area (Å²) in [7, 11) is 0. The van der Waals surface area contributed by atoms with Crippen molar-refractivity contribution in [3.63, 3.8) is 0 Å². The van der Waals surface area contributed by atoms with Crippen LogP contribution in [0, 0.1) is 5.82 Å². The summed E-state index contributed by atoms with van der Waals surface area (Å²) in [6.45, 7) is 0.546. The lowest BCUT2D eigenvalue weighted by Crippen LogP contribution is -2.30. The zero-order chi connectivity index (χ0) is 22.1. The molecule has 6 nitrogen and oxygen atoms in total. The molecule has 0 aliphatic heterocycles. The lowest BCUT2D eigenvalue weighted by Gasteiger charge is -2.10. The van der Waals surface area contributed by atoms with Crippen LogP contribution >= 0.6 is 11.3 Å². The Hall–Kier alpha value is -3.52. The van der Waals surface area contributed by atoms with Crippen LogP contribution < -0.4 is 10.6 Å². The first-order valence-electron chi connectivity index (χ1n) is 10.5. The van der Waals surface area contributed by atoms with Gasteiger partial charge in [0.1, 0.15) is 5.82 Å². The molecule has 2 aromatic heterocycles. The maximum absolute atomic E-state index is 13.1. The van der Waals surface area contributed by atoms with Crippen LogP contribution in [0.4, 0.5) is 9.52 Å². The van der Waals surface area contributed by atoms with Crippen LogP contribution in [0.3, 0.4) is 0 Å². The van der Waals surface area contributed by atoms with Gasteiger partial charge in [-0.3, -0.25) is 14.9 Å². The zero-order valence-electron chi connectivity index (χ0n) is 17.2. The van der Waals surface area contributed by atoms with Gasteiger partial charge in [-0.15, -0.1) is 11.3 Å². The van der Waals surface area contributed by atoms with E-state index in [0.717, 1.165) is 35.4 Å². The van der Waals surface area contributed by atoms with Crippen LogP contribution in [0.1, 0.15) is 38.8 Å². The Bertz CT molecular complexity index is 1300. The minimum atomic E-state index is -0.395. The van der Waals surface area contributed by atoms with Gasteiger partial charge in [0.25, 0.3) is 5.91 Å². The lowest BCUT2D eigenvalue weighted by atomic mass is 10.1. The van der Waals surface area contributed by atoms with E-state index in [1.165, 1.54) is 46.6 Å². The van der Waals surface area contributed by atoms with Gasteiger partial charge < -0.3 is 10.3 Å². The maximum Gasteiger partial charge on any atom is 0.257 e. The number of rotatable bonds is 6. The van der Waals surface area contributed by atoms with Crippen LogP contribution in [-0.4, -0.2) is 28.3 Å². The highest BCUT2D eigenvalue weighted by atomic mass is 32.1. The third-order valence-corrected chi connectivity index (χ3v) is 6.78. The highest BCUT2D eigenvalue weighted by Crippen LogP contribution is 2.38. The summed E-state index contributed by atoms with van der Waals surface area (Å²) >= 11 is 1.39. The number of carbonyl (C=O) groups excluding carboxylic acids is 2. The number of aryl methyl sites for hydroxylation is 1. The van der Waals surface area contributed by atoms with Gasteiger partial charge in [-0.2, -0.15) is 0 Å². The van der Waals surface area contributed by atoms with E-state index in [1.807, 2.05) is 24.4 Å². The third-order valence-electron chi connectivity index (χ3n) is 5.73. The Morgan fingerprint density at radius 2 is 1.97 bits per heavy atom. The van der Waals surface area contributed by atoms with E-state index in [0.29, 0.717) is 17.2 Å². The molecule has 162 valence electrons. The number of nitrogens with one attached hydrogen (secondary N) is 3. The number of carbonyl (C=O) groups is 2. The number of halogens is 1. The van der Waals surface area contributed by atoms with Crippen molar-refractivity contribution < 1.29 is 14.0 Å². The normalized spacial score (nSPS) is 15.0. The van der Waals surface area contributed by atoms with Gasteiger partial charge in [-0.25, -0.2) is 9.37 Å². The number of nitrogens with zero attached hydrogens (tertiary/aromatic N) is 1. The summed E-state index contributed by atoms with van der Waals surface area (Å²) in [5.74, 6) is -1.09. The molecular weight excluding hydrogens is 427 g/mol. The number of hydrogen-bond donors (Lipinski definition) is 3. The molecule has 5 rings (SSSR count). The summed E-state index contributed by atoms with van der Waals surface area (Å²) in [6, 6.07) is 13.4. The predicted octanol–water partition coefficient (Wildman–Crippen LogP) is 4.40.